The Morgan fingerprint density at radius 2 is 2.00 bits per heavy atom. The molecular weight excluding hydrogens is 264 g/mol. The first-order valence-corrected chi connectivity index (χ1v) is 7.87. The zero-order chi connectivity index (χ0) is 13.9. The molecule has 1 aromatic carbocycles. The highest BCUT2D eigenvalue weighted by Gasteiger charge is 2.25. The Hall–Kier alpha value is -1.11. The van der Waals surface area contributed by atoms with Gasteiger partial charge in [-0.05, 0) is 43.5 Å². The highest BCUT2D eigenvalue weighted by Crippen LogP contribution is 2.19. The lowest BCUT2D eigenvalue weighted by atomic mass is 10.1. The summed E-state index contributed by atoms with van der Waals surface area (Å²) < 4.78 is 31.6. The molecule has 0 bridgehead atoms. The Labute approximate surface area is 114 Å². The van der Waals surface area contributed by atoms with Crippen LogP contribution in [0.5, 0.6) is 0 Å². The van der Waals surface area contributed by atoms with Crippen molar-refractivity contribution in [1.29, 1.82) is 0 Å². The van der Waals surface area contributed by atoms with E-state index >= 15 is 0 Å². The Balaban J connectivity index is 2.07. The maximum absolute atomic E-state index is 12.3. The second-order valence-electron chi connectivity index (χ2n) is 4.84. The Bertz CT molecular complexity index is 507. The van der Waals surface area contributed by atoms with Crippen molar-refractivity contribution < 1.29 is 13.2 Å². The van der Waals surface area contributed by atoms with Crippen molar-refractivity contribution in [3.05, 3.63) is 24.3 Å². The number of hydrogen-bond acceptors (Lipinski definition) is 4. The van der Waals surface area contributed by atoms with Crippen molar-refractivity contribution in [1.82, 2.24) is 4.31 Å². The SMILES string of the molecule is CN(CC1CCCCO1)S(=O)(=O)c1ccc(N)cc1. The van der Waals surface area contributed by atoms with Gasteiger partial charge in [0.1, 0.15) is 0 Å². The van der Waals surface area contributed by atoms with E-state index < -0.39 is 10.0 Å². The molecule has 1 heterocycles. The van der Waals surface area contributed by atoms with Crippen molar-refractivity contribution in [2.75, 3.05) is 25.9 Å². The summed E-state index contributed by atoms with van der Waals surface area (Å²) in [5.74, 6) is 0. The number of benzene rings is 1. The fourth-order valence-electron chi connectivity index (χ4n) is 2.16. The number of sulfonamides is 1. The van der Waals surface area contributed by atoms with Crippen molar-refractivity contribution in [3.63, 3.8) is 0 Å². The van der Waals surface area contributed by atoms with Crippen molar-refractivity contribution in [2.24, 2.45) is 0 Å². The van der Waals surface area contributed by atoms with E-state index in [1.807, 2.05) is 0 Å². The maximum atomic E-state index is 12.3. The van der Waals surface area contributed by atoms with E-state index in [1.165, 1.54) is 16.4 Å². The standard InChI is InChI=1S/C13H20N2O3S/c1-15(10-12-4-2-3-9-18-12)19(16,17)13-7-5-11(14)6-8-13/h5-8,12H,2-4,9-10,14H2,1H3. The van der Waals surface area contributed by atoms with Gasteiger partial charge >= 0.3 is 0 Å². The van der Waals surface area contributed by atoms with E-state index in [2.05, 4.69) is 0 Å². The van der Waals surface area contributed by atoms with Crippen LogP contribution in [0.1, 0.15) is 19.3 Å². The highest BCUT2D eigenvalue weighted by atomic mass is 32.2. The summed E-state index contributed by atoms with van der Waals surface area (Å²) >= 11 is 0. The lowest BCUT2D eigenvalue weighted by Gasteiger charge is -2.27. The van der Waals surface area contributed by atoms with Gasteiger partial charge in [-0.2, -0.15) is 4.31 Å². The summed E-state index contributed by atoms with van der Waals surface area (Å²) in [6.07, 6.45) is 3.08. The summed E-state index contributed by atoms with van der Waals surface area (Å²) in [6, 6.07) is 6.25. The number of likely N-dealkylation sites (N-methyl/N-ethyl adjacent to an activating group) is 1. The summed E-state index contributed by atoms with van der Waals surface area (Å²) in [6.45, 7) is 1.12. The number of rotatable bonds is 4. The number of ether oxygens (including phenoxy) is 1. The predicted octanol–water partition coefficient (Wildman–Crippen LogP) is 1.46. The minimum atomic E-state index is -3.46. The zero-order valence-corrected chi connectivity index (χ0v) is 11.9. The van der Waals surface area contributed by atoms with Crippen LogP contribution in [0.4, 0.5) is 5.69 Å². The third kappa shape index (κ3) is 3.46. The van der Waals surface area contributed by atoms with Gasteiger partial charge in [-0.15, -0.1) is 0 Å². The van der Waals surface area contributed by atoms with Crippen molar-refractivity contribution in [3.8, 4) is 0 Å². The van der Waals surface area contributed by atoms with Gasteiger partial charge in [0.15, 0.2) is 0 Å². The molecule has 2 rings (SSSR count). The minimum absolute atomic E-state index is 0.00214. The van der Waals surface area contributed by atoms with Crippen LogP contribution < -0.4 is 5.73 Å². The molecule has 0 aliphatic carbocycles. The average molecular weight is 284 g/mol. The van der Waals surface area contributed by atoms with Gasteiger partial charge in [0.2, 0.25) is 10.0 Å². The van der Waals surface area contributed by atoms with Crippen molar-refractivity contribution in [2.45, 2.75) is 30.3 Å². The smallest absolute Gasteiger partial charge is 0.242 e. The summed E-state index contributed by atoms with van der Waals surface area (Å²) in [4.78, 5) is 0.264. The monoisotopic (exact) mass is 284 g/mol. The van der Waals surface area contributed by atoms with Crippen LogP contribution in [-0.4, -0.2) is 39.0 Å². The molecular formula is C13H20N2O3S. The molecule has 1 aliphatic rings. The van der Waals surface area contributed by atoms with E-state index in [0.29, 0.717) is 12.2 Å². The van der Waals surface area contributed by atoms with E-state index in [9.17, 15) is 8.42 Å². The highest BCUT2D eigenvalue weighted by molar-refractivity contribution is 7.89. The van der Waals surface area contributed by atoms with Crippen molar-refractivity contribution >= 4 is 15.7 Å². The first-order valence-electron chi connectivity index (χ1n) is 6.43. The lowest BCUT2D eigenvalue weighted by Crippen LogP contribution is -2.37. The second-order valence-corrected chi connectivity index (χ2v) is 6.89. The van der Waals surface area contributed by atoms with Gasteiger partial charge in [-0.3, -0.25) is 0 Å². The molecule has 5 nitrogen and oxygen atoms in total. The van der Waals surface area contributed by atoms with Gasteiger partial charge in [-0.25, -0.2) is 8.42 Å². The first-order chi connectivity index (χ1) is 9.00. The largest absolute Gasteiger partial charge is 0.399 e. The van der Waals surface area contributed by atoms with Crippen LogP contribution >= 0.6 is 0 Å². The topological polar surface area (TPSA) is 72.6 Å². The molecule has 2 N–H and O–H groups in total. The molecule has 0 aromatic heterocycles. The number of nitrogens with two attached hydrogens (primary N) is 1. The van der Waals surface area contributed by atoms with Gasteiger partial charge in [0, 0.05) is 25.9 Å². The molecule has 1 unspecified atom stereocenters. The molecule has 1 saturated heterocycles. The third-order valence-corrected chi connectivity index (χ3v) is 5.16. The Kier molecular flexibility index (Phi) is 4.44. The quantitative estimate of drug-likeness (QED) is 0.850. The number of hydrogen-bond donors (Lipinski definition) is 1. The van der Waals surface area contributed by atoms with Crippen LogP contribution in [0.15, 0.2) is 29.2 Å². The van der Waals surface area contributed by atoms with Crippen LogP contribution in [0.2, 0.25) is 0 Å². The Morgan fingerprint density at radius 3 is 2.58 bits per heavy atom. The van der Waals surface area contributed by atoms with E-state index in [1.54, 1.807) is 19.2 Å². The van der Waals surface area contributed by atoms with Crippen LogP contribution in [0, 0.1) is 0 Å². The van der Waals surface area contributed by atoms with E-state index in [-0.39, 0.29) is 11.0 Å². The summed E-state index contributed by atoms with van der Waals surface area (Å²) in [7, 11) is -1.87. The second kappa shape index (κ2) is 5.90. The average Bonchev–Trinajstić information content (AvgIpc) is 2.40. The molecule has 106 valence electrons. The van der Waals surface area contributed by atoms with Crippen LogP contribution in [-0.2, 0) is 14.8 Å². The molecule has 1 aliphatic heterocycles. The molecule has 0 amide bonds. The molecule has 0 spiro atoms. The Morgan fingerprint density at radius 1 is 1.32 bits per heavy atom. The molecule has 19 heavy (non-hydrogen) atoms. The fraction of sp³-hybridized carbons (Fsp3) is 0.538. The van der Waals surface area contributed by atoms with Gasteiger partial charge in [0.25, 0.3) is 0 Å². The van der Waals surface area contributed by atoms with Crippen LogP contribution in [0.25, 0.3) is 0 Å². The molecule has 0 radical (unpaired) electrons. The van der Waals surface area contributed by atoms with Gasteiger partial charge in [-0.1, -0.05) is 0 Å². The third-order valence-electron chi connectivity index (χ3n) is 3.32. The van der Waals surface area contributed by atoms with Gasteiger partial charge < -0.3 is 10.5 Å². The number of nitrogen functional groups attached to an aromatic ring is 1. The summed E-state index contributed by atoms with van der Waals surface area (Å²) in [5, 5.41) is 0. The number of nitrogens with zero attached hydrogens (tertiary/aromatic N) is 1. The predicted molar refractivity (Wildman–Crippen MR) is 74.3 cm³/mol. The van der Waals surface area contributed by atoms with Crippen LogP contribution in [0.3, 0.4) is 0 Å². The fourth-order valence-corrected chi connectivity index (χ4v) is 3.36. The normalized spacial score (nSPS) is 20.6. The molecule has 1 fully saturated rings. The van der Waals surface area contributed by atoms with Gasteiger partial charge in [0.05, 0.1) is 11.0 Å². The first kappa shape index (κ1) is 14.3. The lowest BCUT2D eigenvalue weighted by molar-refractivity contribution is 0.00858. The molecule has 1 atom stereocenters. The molecule has 6 heteroatoms. The molecule has 0 saturated carbocycles. The molecule has 1 aromatic rings. The summed E-state index contributed by atoms with van der Waals surface area (Å²) in [5.41, 5.74) is 6.12. The number of anilines is 1. The zero-order valence-electron chi connectivity index (χ0n) is 11.1. The van der Waals surface area contributed by atoms with E-state index in [0.717, 1.165) is 25.9 Å². The minimum Gasteiger partial charge on any atom is -0.399 e. The van der Waals surface area contributed by atoms with E-state index in [4.69, 9.17) is 10.5 Å². The maximum Gasteiger partial charge on any atom is 0.242 e.